The molecule has 2 aromatic carbocycles. The number of hydrogen-bond acceptors (Lipinski definition) is 6. The molecule has 0 atom stereocenters. The Hall–Kier alpha value is -3.26. The number of nitro groups is 1. The zero-order chi connectivity index (χ0) is 20.8. The van der Waals surface area contributed by atoms with Crippen molar-refractivity contribution in [3.05, 3.63) is 80.3 Å². The van der Waals surface area contributed by atoms with Crippen molar-refractivity contribution in [2.75, 3.05) is 11.9 Å². The number of thiazole rings is 1. The summed E-state index contributed by atoms with van der Waals surface area (Å²) in [5.41, 5.74) is 2.10. The number of anilines is 2. The third-order valence-electron chi connectivity index (χ3n) is 4.24. The predicted octanol–water partition coefficient (Wildman–Crippen LogP) is 4.89. The molecule has 0 bridgehead atoms. The van der Waals surface area contributed by atoms with Gasteiger partial charge in [-0.25, -0.2) is 4.98 Å². The minimum absolute atomic E-state index is 0.150. The quantitative estimate of drug-likeness (QED) is 0.407. The molecule has 0 spiro atoms. The van der Waals surface area contributed by atoms with Crippen LogP contribution < -0.4 is 10.6 Å². The van der Waals surface area contributed by atoms with Gasteiger partial charge < -0.3 is 10.6 Å². The van der Waals surface area contributed by atoms with Crippen molar-refractivity contribution in [2.45, 2.75) is 26.2 Å². The number of nitro benzene ring substituents is 1. The van der Waals surface area contributed by atoms with Crippen LogP contribution >= 0.6 is 11.3 Å². The molecule has 2 N–H and O–H groups in total. The number of carbonyl (C=O) groups is 1. The average Bonchev–Trinajstić information content (AvgIpc) is 3.18. The Bertz CT molecular complexity index is 1000. The minimum Gasteiger partial charge on any atom is -0.352 e. The van der Waals surface area contributed by atoms with Crippen molar-refractivity contribution >= 4 is 34.3 Å². The van der Waals surface area contributed by atoms with E-state index in [0.29, 0.717) is 24.6 Å². The van der Waals surface area contributed by atoms with Crippen molar-refractivity contribution in [3.63, 3.8) is 0 Å². The first-order chi connectivity index (χ1) is 13.9. The lowest BCUT2D eigenvalue weighted by molar-refractivity contribution is -0.383. The van der Waals surface area contributed by atoms with Gasteiger partial charge in [0.15, 0.2) is 0 Å². The molecular weight excluding hydrogens is 388 g/mol. The van der Waals surface area contributed by atoms with Crippen LogP contribution in [-0.2, 0) is 6.42 Å². The lowest BCUT2D eigenvalue weighted by atomic mass is 10.1. The highest BCUT2D eigenvalue weighted by atomic mass is 32.1. The second kappa shape index (κ2) is 9.29. The summed E-state index contributed by atoms with van der Waals surface area (Å²) in [7, 11) is 0. The number of amides is 1. The van der Waals surface area contributed by atoms with E-state index in [0.717, 1.165) is 16.4 Å². The maximum Gasteiger partial charge on any atom is 0.293 e. The van der Waals surface area contributed by atoms with Crippen LogP contribution in [0.25, 0.3) is 0 Å². The molecule has 0 fully saturated rings. The lowest BCUT2D eigenvalue weighted by Gasteiger charge is -2.09. The molecule has 0 aliphatic rings. The van der Waals surface area contributed by atoms with Crippen LogP contribution in [0.3, 0.4) is 0 Å². The third-order valence-corrected chi connectivity index (χ3v) is 5.43. The Labute approximate surface area is 173 Å². The number of aromatic nitrogens is 1. The summed E-state index contributed by atoms with van der Waals surface area (Å²) in [5.74, 6) is 0.0329. The highest BCUT2D eigenvalue weighted by Gasteiger charge is 2.18. The molecule has 1 heterocycles. The second-order valence-corrected chi connectivity index (χ2v) is 7.71. The molecule has 0 saturated carbocycles. The average molecular weight is 410 g/mol. The van der Waals surface area contributed by atoms with Crippen LogP contribution in [0.15, 0.2) is 53.9 Å². The molecule has 1 amide bonds. The molecule has 29 heavy (non-hydrogen) atoms. The van der Waals surface area contributed by atoms with Crippen LogP contribution in [-0.4, -0.2) is 22.4 Å². The van der Waals surface area contributed by atoms with Crippen molar-refractivity contribution in [3.8, 4) is 0 Å². The van der Waals surface area contributed by atoms with Gasteiger partial charge in [0.25, 0.3) is 11.6 Å². The van der Waals surface area contributed by atoms with E-state index >= 15 is 0 Å². The summed E-state index contributed by atoms with van der Waals surface area (Å²) in [6.45, 7) is 4.60. The Balaban J connectivity index is 1.65. The van der Waals surface area contributed by atoms with E-state index in [9.17, 15) is 14.9 Å². The van der Waals surface area contributed by atoms with E-state index in [4.69, 9.17) is 0 Å². The number of hydrogen-bond donors (Lipinski definition) is 2. The SMILES string of the molecule is CC(C)c1nc(CCNC(=O)c2ccc(Nc3ccccc3)c([N+](=O)[O-])c2)cs1. The molecule has 0 saturated heterocycles. The molecule has 3 aromatic rings. The first kappa shape index (κ1) is 20.5. The smallest absolute Gasteiger partial charge is 0.293 e. The molecule has 7 nitrogen and oxygen atoms in total. The summed E-state index contributed by atoms with van der Waals surface area (Å²) in [6, 6.07) is 13.6. The second-order valence-electron chi connectivity index (χ2n) is 6.82. The fraction of sp³-hybridized carbons (Fsp3) is 0.238. The summed E-state index contributed by atoms with van der Waals surface area (Å²) in [4.78, 5) is 27.9. The van der Waals surface area contributed by atoms with Crippen molar-refractivity contribution in [1.82, 2.24) is 10.3 Å². The van der Waals surface area contributed by atoms with Crippen molar-refractivity contribution < 1.29 is 9.72 Å². The molecular formula is C21H22N4O3S. The van der Waals surface area contributed by atoms with Crippen LogP contribution in [0.1, 0.15) is 40.8 Å². The van der Waals surface area contributed by atoms with Gasteiger partial charge >= 0.3 is 0 Å². The van der Waals surface area contributed by atoms with E-state index in [2.05, 4.69) is 29.5 Å². The summed E-state index contributed by atoms with van der Waals surface area (Å²) in [6.07, 6.45) is 0.616. The van der Waals surface area contributed by atoms with Crippen molar-refractivity contribution in [2.24, 2.45) is 0 Å². The lowest BCUT2D eigenvalue weighted by Crippen LogP contribution is -2.25. The standard InChI is InChI=1S/C21H22N4O3S/c1-14(2)21-24-17(13-29-21)10-11-22-20(26)15-8-9-18(19(12-15)25(27)28)23-16-6-4-3-5-7-16/h3-9,12-14,23H,10-11H2,1-2H3,(H,22,26). The van der Waals surface area contributed by atoms with Gasteiger partial charge in [-0.1, -0.05) is 32.0 Å². The first-order valence-electron chi connectivity index (χ1n) is 9.27. The fourth-order valence-corrected chi connectivity index (χ4v) is 3.58. The van der Waals surface area contributed by atoms with Crippen LogP contribution in [0.4, 0.5) is 17.1 Å². The van der Waals surface area contributed by atoms with Gasteiger partial charge in [0.2, 0.25) is 0 Å². The zero-order valence-electron chi connectivity index (χ0n) is 16.2. The third kappa shape index (κ3) is 5.39. The number of nitrogens with one attached hydrogen (secondary N) is 2. The van der Waals surface area contributed by atoms with E-state index in [-0.39, 0.29) is 17.2 Å². The Kier molecular flexibility index (Phi) is 6.56. The van der Waals surface area contributed by atoms with Crippen LogP contribution in [0.2, 0.25) is 0 Å². The van der Waals surface area contributed by atoms with E-state index < -0.39 is 4.92 Å². The van der Waals surface area contributed by atoms with E-state index in [1.807, 2.05) is 35.7 Å². The molecule has 0 aliphatic heterocycles. The first-order valence-corrected chi connectivity index (χ1v) is 10.1. The molecule has 8 heteroatoms. The van der Waals surface area contributed by atoms with E-state index in [1.165, 1.54) is 6.07 Å². The highest BCUT2D eigenvalue weighted by molar-refractivity contribution is 7.09. The van der Waals surface area contributed by atoms with Gasteiger partial charge in [0, 0.05) is 41.6 Å². The molecule has 1 aromatic heterocycles. The van der Waals surface area contributed by atoms with Gasteiger partial charge in [-0.05, 0) is 24.3 Å². The zero-order valence-corrected chi connectivity index (χ0v) is 17.0. The van der Waals surface area contributed by atoms with Gasteiger partial charge in [0.05, 0.1) is 15.6 Å². The predicted molar refractivity (Wildman–Crippen MR) is 115 cm³/mol. The van der Waals surface area contributed by atoms with Crippen molar-refractivity contribution in [1.29, 1.82) is 0 Å². The molecule has 0 aliphatic carbocycles. The van der Waals surface area contributed by atoms with Crippen LogP contribution in [0, 0.1) is 10.1 Å². The number of nitrogens with zero attached hydrogens (tertiary/aromatic N) is 2. The summed E-state index contributed by atoms with van der Waals surface area (Å²) < 4.78 is 0. The summed E-state index contributed by atoms with van der Waals surface area (Å²) >= 11 is 1.61. The number of rotatable bonds is 8. The number of benzene rings is 2. The monoisotopic (exact) mass is 410 g/mol. The largest absolute Gasteiger partial charge is 0.352 e. The number of para-hydroxylation sites is 1. The highest BCUT2D eigenvalue weighted by Crippen LogP contribution is 2.28. The van der Waals surface area contributed by atoms with Crippen LogP contribution in [0.5, 0.6) is 0 Å². The Morgan fingerprint density at radius 1 is 1.21 bits per heavy atom. The fourth-order valence-electron chi connectivity index (χ4n) is 2.72. The molecule has 3 rings (SSSR count). The topological polar surface area (TPSA) is 97.2 Å². The minimum atomic E-state index is -0.495. The maximum atomic E-state index is 12.4. The molecule has 150 valence electrons. The summed E-state index contributed by atoms with van der Waals surface area (Å²) in [5, 5.41) is 20.4. The van der Waals surface area contributed by atoms with E-state index in [1.54, 1.807) is 23.5 Å². The normalized spacial score (nSPS) is 10.7. The maximum absolute atomic E-state index is 12.4. The van der Waals surface area contributed by atoms with Gasteiger partial charge in [-0.2, -0.15) is 0 Å². The number of carbonyl (C=O) groups excluding carboxylic acids is 1. The van der Waals surface area contributed by atoms with Gasteiger partial charge in [-0.3, -0.25) is 14.9 Å². The Morgan fingerprint density at radius 3 is 2.62 bits per heavy atom. The van der Waals surface area contributed by atoms with Gasteiger partial charge in [0.1, 0.15) is 5.69 Å². The molecule has 0 radical (unpaired) electrons. The van der Waals surface area contributed by atoms with Gasteiger partial charge in [-0.15, -0.1) is 11.3 Å². The molecule has 0 unspecified atom stereocenters. The Morgan fingerprint density at radius 2 is 1.97 bits per heavy atom.